The number of nitrogens with zero attached hydrogens (tertiary/aromatic N) is 2. The number of nitrogens with one attached hydrogen (secondary N) is 1. The van der Waals surface area contributed by atoms with E-state index in [1.807, 2.05) is 12.1 Å². The van der Waals surface area contributed by atoms with Gasteiger partial charge in [0.05, 0.1) is 13.2 Å². The molecule has 1 aromatic rings. The number of hydrogen-bond donors (Lipinski definition) is 1. The summed E-state index contributed by atoms with van der Waals surface area (Å²) >= 11 is 0. The molecule has 1 atom stereocenters. The van der Waals surface area contributed by atoms with Crippen molar-refractivity contribution in [3.8, 4) is 0 Å². The van der Waals surface area contributed by atoms with E-state index in [0.717, 1.165) is 43.8 Å². The van der Waals surface area contributed by atoms with Crippen LogP contribution in [0.1, 0.15) is 31.4 Å². The molecule has 1 N–H and O–H groups in total. The van der Waals surface area contributed by atoms with Gasteiger partial charge in [-0.25, -0.2) is 0 Å². The van der Waals surface area contributed by atoms with Crippen molar-refractivity contribution in [1.29, 1.82) is 0 Å². The van der Waals surface area contributed by atoms with Gasteiger partial charge in [0.1, 0.15) is 0 Å². The third kappa shape index (κ3) is 5.89. The minimum absolute atomic E-state index is 0.0932. The molecule has 1 aromatic carbocycles. The molecule has 5 nitrogen and oxygen atoms in total. The summed E-state index contributed by atoms with van der Waals surface area (Å²) in [4.78, 5) is 16.9. The highest BCUT2D eigenvalue weighted by Crippen LogP contribution is 2.11. The van der Waals surface area contributed by atoms with E-state index < -0.39 is 0 Å². The van der Waals surface area contributed by atoms with Crippen molar-refractivity contribution in [2.45, 2.75) is 39.5 Å². The maximum atomic E-state index is 12.3. The summed E-state index contributed by atoms with van der Waals surface area (Å²) in [5.41, 5.74) is 2.28. The fraction of sp³-hybridized carbons (Fsp3) is 0.632. The van der Waals surface area contributed by atoms with Crippen LogP contribution in [0.2, 0.25) is 0 Å². The molecule has 0 radical (unpaired) electrons. The van der Waals surface area contributed by atoms with E-state index in [0.29, 0.717) is 25.7 Å². The molecular formula is C19H31N3O2. The zero-order valence-corrected chi connectivity index (χ0v) is 15.3. The zero-order valence-electron chi connectivity index (χ0n) is 15.3. The molecule has 2 rings (SSSR count). The first kappa shape index (κ1) is 18.9. The Labute approximate surface area is 146 Å². The summed E-state index contributed by atoms with van der Waals surface area (Å²) in [6.45, 7) is 9.69. The predicted molar refractivity (Wildman–Crippen MR) is 96.8 cm³/mol. The molecule has 134 valence electrons. The molecule has 1 heterocycles. The Morgan fingerprint density at radius 1 is 1.29 bits per heavy atom. The van der Waals surface area contributed by atoms with Crippen molar-refractivity contribution >= 4 is 5.91 Å². The molecule has 0 aromatic heterocycles. The first-order valence-electron chi connectivity index (χ1n) is 8.94. The minimum Gasteiger partial charge on any atom is -0.377 e. The normalized spacial score (nSPS) is 19.4. The molecule has 1 aliphatic rings. The van der Waals surface area contributed by atoms with Gasteiger partial charge in [-0.15, -0.1) is 0 Å². The molecule has 24 heavy (non-hydrogen) atoms. The Balaban J connectivity index is 1.81. The second kappa shape index (κ2) is 9.77. The Bertz CT molecular complexity index is 521. The lowest BCUT2D eigenvalue weighted by molar-refractivity contribution is -0.123. The number of amides is 1. The second-order valence-corrected chi connectivity index (χ2v) is 6.68. The lowest BCUT2D eigenvalue weighted by Gasteiger charge is -2.37. The highest BCUT2D eigenvalue weighted by Gasteiger charge is 2.23. The lowest BCUT2D eigenvalue weighted by atomic mass is 10.1. The zero-order chi connectivity index (χ0) is 17.4. The third-order valence-electron chi connectivity index (χ3n) is 4.52. The van der Waals surface area contributed by atoms with Gasteiger partial charge in [-0.1, -0.05) is 31.2 Å². The van der Waals surface area contributed by atoms with E-state index in [2.05, 4.69) is 48.1 Å². The van der Waals surface area contributed by atoms with Crippen molar-refractivity contribution in [2.75, 3.05) is 39.8 Å². The number of carbonyl (C=O) groups is 1. The minimum atomic E-state index is 0.0932. The highest BCUT2D eigenvalue weighted by atomic mass is 16.5. The third-order valence-corrected chi connectivity index (χ3v) is 4.52. The van der Waals surface area contributed by atoms with Crippen molar-refractivity contribution < 1.29 is 9.53 Å². The monoisotopic (exact) mass is 333 g/mol. The van der Waals surface area contributed by atoms with E-state index in [-0.39, 0.29) is 5.91 Å². The molecule has 5 heteroatoms. The average Bonchev–Trinajstić information content (AvgIpc) is 2.57. The maximum Gasteiger partial charge on any atom is 0.234 e. The van der Waals surface area contributed by atoms with E-state index in [4.69, 9.17) is 4.74 Å². The standard InChI is InChI=1S/C19H31N3O2/c1-4-11-24-15-18-8-6-5-7-17(18)12-20-19(23)14-22-10-9-21(3)13-16(22)2/h5-8,16H,4,9-15H2,1-3H3,(H,20,23). The lowest BCUT2D eigenvalue weighted by Crippen LogP contribution is -2.53. The smallest absolute Gasteiger partial charge is 0.234 e. The molecule has 0 bridgehead atoms. The fourth-order valence-electron chi connectivity index (χ4n) is 3.04. The van der Waals surface area contributed by atoms with Gasteiger partial charge in [-0.05, 0) is 31.5 Å². The van der Waals surface area contributed by atoms with Crippen molar-refractivity contribution in [2.24, 2.45) is 0 Å². The molecule has 1 fully saturated rings. The highest BCUT2D eigenvalue weighted by molar-refractivity contribution is 5.78. The summed E-state index contributed by atoms with van der Waals surface area (Å²) in [5, 5.41) is 3.06. The number of carbonyl (C=O) groups excluding carboxylic acids is 1. The van der Waals surface area contributed by atoms with E-state index >= 15 is 0 Å². The molecular weight excluding hydrogens is 302 g/mol. The summed E-state index contributed by atoms with van der Waals surface area (Å²) in [7, 11) is 2.13. The van der Waals surface area contributed by atoms with Crippen LogP contribution in [0, 0.1) is 0 Å². The maximum absolute atomic E-state index is 12.3. The Morgan fingerprint density at radius 2 is 2.04 bits per heavy atom. The molecule has 1 aliphatic heterocycles. The summed E-state index contributed by atoms with van der Waals surface area (Å²) in [5.74, 6) is 0.0932. The molecule has 1 amide bonds. The van der Waals surface area contributed by atoms with E-state index in [1.165, 1.54) is 0 Å². The topological polar surface area (TPSA) is 44.8 Å². The van der Waals surface area contributed by atoms with Crippen LogP contribution in [0.15, 0.2) is 24.3 Å². The van der Waals surface area contributed by atoms with Crippen molar-refractivity contribution in [3.63, 3.8) is 0 Å². The van der Waals surface area contributed by atoms with Crippen LogP contribution in [0.4, 0.5) is 0 Å². The average molecular weight is 333 g/mol. The Kier molecular flexibility index (Phi) is 7.69. The van der Waals surface area contributed by atoms with Crippen LogP contribution < -0.4 is 5.32 Å². The molecule has 1 unspecified atom stereocenters. The second-order valence-electron chi connectivity index (χ2n) is 6.68. The SMILES string of the molecule is CCCOCc1ccccc1CNC(=O)CN1CCN(C)CC1C. The summed E-state index contributed by atoms with van der Waals surface area (Å²) in [6.07, 6.45) is 1.02. The van der Waals surface area contributed by atoms with E-state index in [9.17, 15) is 4.79 Å². The summed E-state index contributed by atoms with van der Waals surface area (Å²) < 4.78 is 5.64. The number of benzene rings is 1. The fourth-order valence-corrected chi connectivity index (χ4v) is 3.04. The van der Waals surface area contributed by atoms with Gasteiger partial charge in [0, 0.05) is 38.8 Å². The van der Waals surface area contributed by atoms with Crippen LogP contribution in [0.5, 0.6) is 0 Å². The number of piperazine rings is 1. The van der Waals surface area contributed by atoms with Gasteiger partial charge in [-0.3, -0.25) is 9.69 Å². The van der Waals surface area contributed by atoms with Crippen LogP contribution in [0.25, 0.3) is 0 Å². The van der Waals surface area contributed by atoms with Crippen molar-refractivity contribution in [3.05, 3.63) is 35.4 Å². The predicted octanol–water partition coefficient (Wildman–Crippen LogP) is 1.87. The Hall–Kier alpha value is -1.43. The molecule has 0 spiro atoms. The van der Waals surface area contributed by atoms with Gasteiger partial charge in [0.2, 0.25) is 5.91 Å². The molecule has 0 saturated carbocycles. The quantitative estimate of drug-likeness (QED) is 0.738. The molecule has 0 aliphatic carbocycles. The van der Waals surface area contributed by atoms with Crippen LogP contribution in [0.3, 0.4) is 0 Å². The van der Waals surface area contributed by atoms with Gasteiger partial charge in [0.25, 0.3) is 0 Å². The van der Waals surface area contributed by atoms with Crippen LogP contribution in [-0.2, 0) is 22.7 Å². The van der Waals surface area contributed by atoms with Gasteiger partial charge < -0.3 is 15.0 Å². The number of hydrogen-bond acceptors (Lipinski definition) is 4. The van der Waals surface area contributed by atoms with Gasteiger partial charge >= 0.3 is 0 Å². The van der Waals surface area contributed by atoms with Gasteiger partial charge in [-0.2, -0.15) is 0 Å². The van der Waals surface area contributed by atoms with Crippen LogP contribution in [-0.4, -0.2) is 61.6 Å². The largest absolute Gasteiger partial charge is 0.377 e. The van der Waals surface area contributed by atoms with Gasteiger partial charge in [0.15, 0.2) is 0 Å². The first-order valence-corrected chi connectivity index (χ1v) is 8.94. The van der Waals surface area contributed by atoms with Crippen LogP contribution >= 0.6 is 0 Å². The number of rotatable bonds is 8. The number of likely N-dealkylation sites (N-methyl/N-ethyl adjacent to an activating group) is 1. The van der Waals surface area contributed by atoms with Crippen molar-refractivity contribution in [1.82, 2.24) is 15.1 Å². The molecule has 1 saturated heterocycles. The van der Waals surface area contributed by atoms with E-state index in [1.54, 1.807) is 0 Å². The number of ether oxygens (including phenoxy) is 1. The Morgan fingerprint density at radius 3 is 2.75 bits per heavy atom. The first-order chi connectivity index (χ1) is 11.6. The summed E-state index contributed by atoms with van der Waals surface area (Å²) in [6, 6.07) is 8.57.